The van der Waals surface area contributed by atoms with Crippen LogP contribution in [0.3, 0.4) is 0 Å². The van der Waals surface area contributed by atoms with Crippen molar-refractivity contribution < 1.29 is 44.3 Å². The lowest BCUT2D eigenvalue weighted by molar-refractivity contribution is -0.114. The number of nitrogens with one attached hydrogen (secondary N) is 1. The minimum absolute atomic E-state index is 0.0201. The Labute approximate surface area is 239 Å². The molecule has 0 aliphatic carbocycles. The molecule has 1 amide bonds. The van der Waals surface area contributed by atoms with Crippen LogP contribution in [0, 0.1) is 0 Å². The molecule has 2 fully saturated rings. The summed E-state index contributed by atoms with van der Waals surface area (Å²) >= 11 is 0. The molecule has 2 aromatic rings. The molecular weight excluding hydrogens is 600 g/mol. The van der Waals surface area contributed by atoms with E-state index >= 15 is 0 Å². The molecule has 2 heterocycles. The van der Waals surface area contributed by atoms with Gasteiger partial charge in [-0.1, -0.05) is 0 Å². The number of hydrogen-bond acceptors (Lipinski definition) is 10. The Balaban J connectivity index is 1.53. The lowest BCUT2D eigenvalue weighted by Gasteiger charge is -2.27. The van der Waals surface area contributed by atoms with Crippen LogP contribution in [0.4, 0.5) is 11.4 Å². The highest BCUT2D eigenvalue weighted by molar-refractivity contribution is 7.92. The van der Waals surface area contributed by atoms with Gasteiger partial charge in [0.25, 0.3) is 0 Å². The van der Waals surface area contributed by atoms with Crippen molar-refractivity contribution in [2.75, 3.05) is 82.1 Å². The standard InChI is InChI=1S/C24H32N4O10S3/c1-36-22-8-3-19(17-23(22)41(34,35)27-11-15-38-16-12-27)25-24(29)18-28(39(2,30)31)20-4-6-21(7-5-20)40(32,33)26-9-13-37-14-10-26/h3-8,17H,9-16,18H2,1-2H3,(H,25,29). The van der Waals surface area contributed by atoms with Crippen molar-refractivity contribution in [2.24, 2.45) is 0 Å². The van der Waals surface area contributed by atoms with Crippen molar-refractivity contribution in [3.63, 3.8) is 0 Å². The first-order chi connectivity index (χ1) is 19.3. The van der Waals surface area contributed by atoms with Gasteiger partial charge < -0.3 is 19.5 Å². The second-order valence-corrected chi connectivity index (χ2v) is 15.0. The summed E-state index contributed by atoms with van der Waals surface area (Å²) in [6, 6.07) is 9.25. The molecule has 1 N–H and O–H groups in total. The second-order valence-electron chi connectivity index (χ2n) is 9.21. The zero-order valence-electron chi connectivity index (χ0n) is 22.6. The number of rotatable bonds is 10. The van der Waals surface area contributed by atoms with Gasteiger partial charge in [0.05, 0.1) is 50.4 Å². The first kappa shape index (κ1) is 31.1. The van der Waals surface area contributed by atoms with Crippen LogP contribution in [0.15, 0.2) is 52.3 Å². The van der Waals surface area contributed by atoms with Gasteiger partial charge in [-0.25, -0.2) is 25.3 Å². The molecule has 0 saturated carbocycles. The molecule has 0 radical (unpaired) electrons. The van der Waals surface area contributed by atoms with Gasteiger partial charge in [-0.3, -0.25) is 9.10 Å². The minimum Gasteiger partial charge on any atom is -0.495 e. The van der Waals surface area contributed by atoms with Gasteiger partial charge in [-0.15, -0.1) is 0 Å². The summed E-state index contributed by atoms with van der Waals surface area (Å²) in [7, 11) is -10.4. The quantitative estimate of drug-likeness (QED) is 0.380. The van der Waals surface area contributed by atoms with Gasteiger partial charge in [-0.05, 0) is 42.5 Å². The fourth-order valence-electron chi connectivity index (χ4n) is 4.33. The van der Waals surface area contributed by atoms with Crippen LogP contribution in [0.5, 0.6) is 5.75 Å². The van der Waals surface area contributed by atoms with E-state index in [1.54, 1.807) is 0 Å². The third-order valence-electron chi connectivity index (χ3n) is 6.46. The molecule has 41 heavy (non-hydrogen) atoms. The predicted octanol–water partition coefficient (Wildman–Crippen LogP) is 0.142. The Morgan fingerprint density at radius 2 is 1.39 bits per heavy atom. The van der Waals surface area contributed by atoms with E-state index < -0.39 is 42.5 Å². The number of benzene rings is 2. The van der Waals surface area contributed by atoms with E-state index in [0.29, 0.717) is 0 Å². The Morgan fingerprint density at radius 3 is 1.90 bits per heavy atom. The highest BCUT2D eigenvalue weighted by atomic mass is 32.2. The van der Waals surface area contributed by atoms with E-state index in [2.05, 4.69) is 5.32 Å². The van der Waals surface area contributed by atoms with Crippen LogP contribution in [0.1, 0.15) is 0 Å². The molecule has 0 aromatic heterocycles. The lowest BCUT2D eigenvalue weighted by atomic mass is 10.3. The van der Waals surface area contributed by atoms with Crippen molar-refractivity contribution in [1.29, 1.82) is 0 Å². The normalized spacial score (nSPS) is 17.6. The Bertz CT molecular complexity index is 1570. The third kappa shape index (κ3) is 7.17. The third-order valence-corrected chi connectivity index (χ3v) is 11.4. The predicted molar refractivity (Wildman–Crippen MR) is 149 cm³/mol. The molecule has 0 unspecified atom stereocenters. The summed E-state index contributed by atoms with van der Waals surface area (Å²) in [6.07, 6.45) is 0.916. The fraction of sp³-hybridized carbons (Fsp3) is 0.458. The van der Waals surface area contributed by atoms with E-state index in [1.165, 1.54) is 58.2 Å². The molecule has 226 valence electrons. The van der Waals surface area contributed by atoms with E-state index in [0.717, 1.165) is 10.6 Å². The Kier molecular flexibility index (Phi) is 9.57. The van der Waals surface area contributed by atoms with Crippen molar-refractivity contribution in [3.05, 3.63) is 42.5 Å². The number of ether oxygens (including phenoxy) is 3. The molecule has 2 saturated heterocycles. The van der Waals surface area contributed by atoms with E-state index in [1.807, 2.05) is 0 Å². The fourth-order valence-corrected chi connectivity index (χ4v) is 8.19. The minimum atomic E-state index is -3.97. The first-order valence-electron chi connectivity index (χ1n) is 12.6. The van der Waals surface area contributed by atoms with Crippen LogP contribution in [-0.2, 0) is 44.3 Å². The van der Waals surface area contributed by atoms with Gasteiger partial charge in [0.1, 0.15) is 17.2 Å². The SMILES string of the molecule is COc1ccc(NC(=O)CN(c2ccc(S(=O)(=O)N3CCOCC3)cc2)S(C)(=O)=O)cc1S(=O)(=O)N1CCOCC1. The lowest BCUT2D eigenvalue weighted by Crippen LogP contribution is -2.40. The van der Waals surface area contributed by atoms with Crippen molar-refractivity contribution >= 4 is 47.4 Å². The number of methoxy groups -OCH3 is 1. The number of anilines is 2. The molecule has 0 atom stereocenters. The number of sulfonamides is 3. The number of amides is 1. The van der Waals surface area contributed by atoms with E-state index in [4.69, 9.17) is 14.2 Å². The number of morpholine rings is 2. The summed E-state index contributed by atoms with van der Waals surface area (Å²) in [5.41, 5.74) is 0.192. The Morgan fingerprint density at radius 1 is 0.854 bits per heavy atom. The van der Waals surface area contributed by atoms with Crippen LogP contribution >= 0.6 is 0 Å². The van der Waals surface area contributed by atoms with Crippen molar-refractivity contribution in [2.45, 2.75) is 9.79 Å². The molecule has 4 rings (SSSR count). The van der Waals surface area contributed by atoms with Gasteiger partial charge in [0.15, 0.2) is 0 Å². The van der Waals surface area contributed by atoms with Crippen LogP contribution < -0.4 is 14.4 Å². The largest absolute Gasteiger partial charge is 0.495 e. The number of hydrogen-bond donors (Lipinski definition) is 1. The van der Waals surface area contributed by atoms with Gasteiger partial charge in [0.2, 0.25) is 36.0 Å². The zero-order chi connectivity index (χ0) is 29.8. The average molecular weight is 633 g/mol. The summed E-state index contributed by atoms with van der Waals surface area (Å²) in [6.45, 7) is 1.16. The topological polar surface area (TPSA) is 169 Å². The summed E-state index contributed by atoms with van der Waals surface area (Å²) in [4.78, 5) is 12.8. The number of carbonyl (C=O) groups excluding carboxylic acids is 1. The van der Waals surface area contributed by atoms with Crippen molar-refractivity contribution in [3.8, 4) is 5.75 Å². The monoisotopic (exact) mass is 632 g/mol. The molecule has 2 aliphatic rings. The van der Waals surface area contributed by atoms with Gasteiger partial charge >= 0.3 is 0 Å². The molecule has 14 nitrogen and oxygen atoms in total. The molecule has 0 spiro atoms. The van der Waals surface area contributed by atoms with E-state index in [-0.39, 0.29) is 79.5 Å². The summed E-state index contributed by atoms with van der Waals surface area (Å²) < 4.78 is 96.5. The molecule has 0 bridgehead atoms. The average Bonchev–Trinajstić information content (AvgIpc) is 2.96. The smallest absolute Gasteiger partial charge is 0.246 e. The maximum absolute atomic E-state index is 13.2. The first-order valence-corrected chi connectivity index (χ1v) is 17.3. The van der Waals surface area contributed by atoms with E-state index in [9.17, 15) is 30.0 Å². The number of nitrogens with zero attached hydrogens (tertiary/aromatic N) is 3. The van der Waals surface area contributed by atoms with Crippen molar-refractivity contribution in [1.82, 2.24) is 8.61 Å². The van der Waals surface area contributed by atoms with Crippen LogP contribution in [-0.4, -0.2) is 112 Å². The van der Waals surface area contributed by atoms with Gasteiger partial charge in [-0.2, -0.15) is 8.61 Å². The molecular formula is C24H32N4O10S3. The maximum atomic E-state index is 13.2. The molecule has 2 aromatic carbocycles. The summed E-state index contributed by atoms with van der Waals surface area (Å²) in [5.74, 6) is -0.667. The molecule has 2 aliphatic heterocycles. The summed E-state index contributed by atoms with van der Waals surface area (Å²) in [5, 5.41) is 2.54. The zero-order valence-corrected chi connectivity index (χ0v) is 25.0. The highest BCUT2D eigenvalue weighted by Crippen LogP contribution is 2.30. The van der Waals surface area contributed by atoms with Crippen LogP contribution in [0.2, 0.25) is 0 Å². The van der Waals surface area contributed by atoms with Crippen LogP contribution in [0.25, 0.3) is 0 Å². The Hall–Kier alpha value is -2.80. The van der Waals surface area contributed by atoms with Gasteiger partial charge in [0, 0.05) is 31.9 Å². The number of carbonyl (C=O) groups is 1. The maximum Gasteiger partial charge on any atom is 0.246 e. The highest BCUT2D eigenvalue weighted by Gasteiger charge is 2.30. The second kappa shape index (κ2) is 12.6. The molecule has 17 heteroatoms.